The Kier molecular flexibility index (Phi) is 3.95. The molecule has 0 bridgehead atoms. The molecule has 4 rings (SSSR count). The van der Waals surface area contributed by atoms with E-state index >= 15 is 0 Å². The molecule has 2 aromatic carbocycles. The molecule has 1 aromatic heterocycles. The fraction of sp³-hybridized carbons (Fsp3) is 0.286. The number of fused-ring (bicyclic) bond motifs is 1. The lowest BCUT2D eigenvalue weighted by Crippen LogP contribution is -2.29. The first-order valence-corrected chi connectivity index (χ1v) is 8.63. The van der Waals surface area contributed by atoms with Crippen LogP contribution in [0.2, 0.25) is 0 Å². The maximum absolute atomic E-state index is 12.9. The van der Waals surface area contributed by atoms with Crippen molar-refractivity contribution in [1.82, 2.24) is 9.88 Å². The van der Waals surface area contributed by atoms with E-state index in [4.69, 9.17) is 0 Å². The molecule has 3 aromatic rings. The summed E-state index contributed by atoms with van der Waals surface area (Å²) >= 11 is 0. The molecule has 1 N–H and O–H groups in total. The number of H-pyrrole nitrogens is 1. The highest BCUT2D eigenvalue weighted by Gasteiger charge is 2.29. The van der Waals surface area contributed by atoms with E-state index in [1.807, 2.05) is 30.5 Å². The van der Waals surface area contributed by atoms with Crippen LogP contribution in [-0.4, -0.2) is 28.8 Å². The Bertz CT molecular complexity index is 880. The molecule has 1 atom stereocenters. The van der Waals surface area contributed by atoms with Crippen molar-refractivity contribution in [3.8, 4) is 0 Å². The van der Waals surface area contributed by atoms with Gasteiger partial charge in [0.2, 0.25) is 0 Å². The molecule has 3 heteroatoms. The minimum atomic E-state index is 0.202. The molecular formula is C21H22N2O. The van der Waals surface area contributed by atoms with E-state index in [0.29, 0.717) is 12.6 Å². The third-order valence-electron chi connectivity index (χ3n) is 5.15. The van der Waals surface area contributed by atoms with Gasteiger partial charge in [0.25, 0.3) is 0 Å². The largest absolute Gasteiger partial charge is 0.360 e. The number of aromatic amines is 1. The minimum absolute atomic E-state index is 0.202. The predicted molar refractivity (Wildman–Crippen MR) is 97.4 cm³/mol. The van der Waals surface area contributed by atoms with Crippen molar-refractivity contribution in [3.63, 3.8) is 0 Å². The molecule has 24 heavy (non-hydrogen) atoms. The summed E-state index contributed by atoms with van der Waals surface area (Å²) in [6, 6.07) is 16.9. The van der Waals surface area contributed by atoms with Crippen LogP contribution in [0.3, 0.4) is 0 Å². The van der Waals surface area contributed by atoms with Crippen LogP contribution in [0.1, 0.15) is 40.4 Å². The molecule has 1 unspecified atom stereocenters. The normalized spacial score (nSPS) is 18.3. The van der Waals surface area contributed by atoms with E-state index < -0.39 is 0 Å². The maximum atomic E-state index is 12.9. The zero-order chi connectivity index (χ0) is 16.5. The lowest BCUT2D eigenvalue weighted by molar-refractivity contribution is 0.0923. The van der Waals surface area contributed by atoms with Crippen molar-refractivity contribution < 1.29 is 4.79 Å². The summed E-state index contributed by atoms with van der Waals surface area (Å²) in [5.74, 6) is 0.202. The molecule has 1 aliphatic heterocycles. The average Bonchev–Trinajstić information content (AvgIpc) is 3.22. The van der Waals surface area contributed by atoms with Crippen molar-refractivity contribution >= 4 is 16.7 Å². The lowest BCUT2D eigenvalue weighted by Gasteiger charge is -2.25. The Morgan fingerprint density at radius 2 is 1.96 bits per heavy atom. The maximum Gasteiger partial charge on any atom is 0.178 e. The van der Waals surface area contributed by atoms with Crippen LogP contribution < -0.4 is 0 Å². The number of nitrogens with one attached hydrogen (secondary N) is 1. The van der Waals surface area contributed by atoms with Crippen LogP contribution in [0.25, 0.3) is 10.9 Å². The fourth-order valence-electron chi connectivity index (χ4n) is 3.90. The Balaban J connectivity index is 1.58. The standard InChI is InChI=1S/C21H22N2O/c1-15-7-2-3-8-16(15)20-11-6-12-23(20)14-21(24)18-13-22-19-10-5-4-9-17(18)19/h2-5,7-10,13,20,22H,6,11-12,14H2,1H3. The van der Waals surface area contributed by atoms with Gasteiger partial charge in [-0.25, -0.2) is 0 Å². The van der Waals surface area contributed by atoms with E-state index in [0.717, 1.165) is 35.9 Å². The van der Waals surface area contributed by atoms with E-state index in [1.54, 1.807) is 0 Å². The van der Waals surface area contributed by atoms with Crippen molar-refractivity contribution in [2.75, 3.05) is 13.1 Å². The number of hydrogen-bond acceptors (Lipinski definition) is 2. The van der Waals surface area contributed by atoms with Crippen LogP contribution in [0.5, 0.6) is 0 Å². The highest BCUT2D eigenvalue weighted by Crippen LogP contribution is 2.33. The van der Waals surface area contributed by atoms with Crippen molar-refractivity contribution in [3.05, 3.63) is 71.4 Å². The first-order chi connectivity index (χ1) is 11.7. The van der Waals surface area contributed by atoms with Crippen LogP contribution in [0.15, 0.2) is 54.7 Å². The molecular weight excluding hydrogens is 296 g/mol. The number of ketones is 1. The minimum Gasteiger partial charge on any atom is -0.360 e. The summed E-state index contributed by atoms with van der Waals surface area (Å²) in [5, 5.41) is 1.02. The third kappa shape index (κ3) is 2.65. The molecule has 122 valence electrons. The van der Waals surface area contributed by atoms with Gasteiger partial charge in [0.15, 0.2) is 5.78 Å². The second-order valence-corrected chi connectivity index (χ2v) is 6.66. The number of benzene rings is 2. The molecule has 0 aliphatic carbocycles. The summed E-state index contributed by atoms with van der Waals surface area (Å²) in [4.78, 5) is 18.4. The summed E-state index contributed by atoms with van der Waals surface area (Å²) in [6.45, 7) is 3.64. The van der Waals surface area contributed by atoms with Gasteiger partial charge in [0.05, 0.1) is 6.54 Å². The first-order valence-electron chi connectivity index (χ1n) is 8.63. The lowest BCUT2D eigenvalue weighted by atomic mass is 9.99. The monoisotopic (exact) mass is 318 g/mol. The number of aromatic nitrogens is 1. The van der Waals surface area contributed by atoms with Crippen molar-refractivity contribution in [2.45, 2.75) is 25.8 Å². The van der Waals surface area contributed by atoms with Gasteiger partial charge in [-0.2, -0.15) is 0 Å². The van der Waals surface area contributed by atoms with Gasteiger partial charge in [0, 0.05) is 28.7 Å². The number of carbonyl (C=O) groups is 1. The molecule has 1 fully saturated rings. The summed E-state index contributed by atoms with van der Waals surface area (Å²) in [6.07, 6.45) is 4.14. The van der Waals surface area contributed by atoms with E-state index in [1.165, 1.54) is 11.1 Å². The number of Topliss-reactive ketones (excluding diaryl/α,β-unsaturated/α-hetero) is 1. The predicted octanol–water partition coefficient (Wildman–Crippen LogP) is 4.50. The third-order valence-corrected chi connectivity index (χ3v) is 5.15. The fourth-order valence-corrected chi connectivity index (χ4v) is 3.90. The highest BCUT2D eigenvalue weighted by atomic mass is 16.1. The number of para-hydroxylation sites is 1. The smallest absolute Gasteiger partial charge is 0.178 e. The Hall–Kier alpha value is -2.39. The number of nitrogens with zero attached hydrogens (tertiary/aromatic N) is 1. The zero-order valence-corrected chi connectivity index (χ0v) is 14.0. The van der Waals surface area contributed by atoms with Crippen molar-refractivity contribution in [2.24, 2.45) is 0 Å². The van der Waals surface area contributed by atoms with Gasteiger partial charge in [-0.1, -0.05) is 42.5 Å². The highest BCUT2D eigenvalue weighted by molar-refractivity contribution is 6.08. The molecule has 0 saturated carbocycles. The Labute approximate surface area is 142 Å². The molecule has 1 aliphatic rings. The summed E-state index contributed by atoms with van der Waals surface area (Å²) in [7, 11) is 0. The quantitative estimate of drug-likeness (QED) is 0.719. The van der Waals surface area contributed by atoms with Gasteiger partial charge in [-0.05, 0) is 43.5 Å². The van der Waals surface area contributed by atoms with Crippen molar-refractivity contribution in [1.29, 1.82) is 0 Å². The Morgan fingerprint density at radius 1 is 1.17 bits per heavy atom. The molecule has 0 radical (unpaired) electrons. The molecule has 2 heterocycles. The molecule has 1 saturated heterocycles. The SMILES string of the molecule is Cc1ccccc1C1CCCN1CC(=O)c1c[nH]c2ccccc12. The van der Waals surface area contributed by atoms with Crippen LogP contribution in [-0.2, 0) is 0 Å². The van der Waals surface area contributed by atoms with Crippen LogP contribution in [0, 0.1) is 6.92 Å². The van der Waals surface area contributed by atoms with E-state index in [2.05, 4.69) is 41.1 Å². The van der Waals surface area contributed by atoms with Gasteiger partial charge in [-0.3, -0.25) is 9.69 Å². The van der Waals surface area contributed by atoms with Gasteiger partial charge in [0.1, 0.15) is 0 Å². The number of rotatable bonds is 4. The number of likely N-dealkylation sites (tertiary alicyclic amines) is 1. The number of carbonyl (C=O) groups excluding carboxylic acids is 1. The van der Waals surface area contributed by atoms with E-state index in [9.17, 15) is 4.79 Å². The summed E-state index contributed by atoms with van der Waals surface area (Å²) in [5.41, 5.74) is 4.51. The number of hydrogen-bond donors (Lipinski definition) is 1. The van der Waals surface area contributed by atoms with Crippen LogP contribution >= 0.6 is 0 Å². The topological polar surface area (TPSA) is 36.1 Å². The van der Waals surface area contributed by atoms with Gasteiger partial charge >= 0.3 is 0 Å². The second kappa shape index (κ2) is 6.25. The number of aryl methyl sites for hydroxylation is 1. The summed E-state index contributed by atoms with van der Waals surface area (Å²) < 4.78 is 0. The zero-order valence-electron chi connectivity index (χ0n) is 14.0. The first kappa shape index (κ1) is 15.2. The Morgan fingerprint density at radius 3 is 2.83 bits per heavy atom. The van der Waals surface area contributed by atoms with E-state index in [-0.39, 0.29) is 5.78 Å². The molecule has 0 amide bonds. The van der Waals surface area contributed by atoms with Gasteiger partial charge in [-0.15, -0.1) is 0 Å². The second-order valence-electron chi connectivity index (χ2n) is 6.66. The average molecular weight is 318 g/mol. The van der Waals surface area contributed by atoms with Crippen LogP contribution in [0.4, 0.5) is 0 Å². The molecule has 0 spiro atoms. The molecule has 3 nitrogen and oxygen atoms in total. The van der Waals surface area contributed by atoms with Gasteiger partial charge < -0.3 is 4.98 Å².